The van der Waals surface area contributed by atoms with E-state index in [1.807, 2.05) is 57.2 Å². The van der Waals surface area contributed by atoms with Crippen LogP contribution >= 0.6 is 0 Å². The molecule has 0 aliphatic heterocycles. The third-order valence-electron chi connectivity index (χ3n) is 5.78. The van der Waals surface area contributed by atoms with Crippen LogP contribution in [-0.2, 0) is 21.7 Å². The van der Waals surface area contributed by atoms with Crippen LogP contribution in [0.4, 0.5) is 4.79 Å². The van der Waals surface area contributed by atoms with Crippen LogP contribution in [0, 0.1) is 16.7 Å². The number of nitrogens with zero attached hydrogens (tertiary/aromatic N) is 3. The van der Waals surface area contributed by atoms with Gasteiger partial charge in [-0.3, -0.25) is 0 Å². The predicted octanol–water partition coefficient (Wildman–Crippen LogP) is 5.00. The molecule has 0 saturated carbocycles. The summed E-state index contributed by atoms with van der Waals surface area (Å²) < 4.78 is 7.02. The molecule has 0 fully saturated rings. The molecule has 178 valence electrons. The second-order valence-electron chi connectivity index (χ2n) is 9.71. The summed E-state index contributed by atoms with van der Waals surface area (Å²) in [7, 11) is 0. The van der Waals surface area contributed by atoms with Gasteiger partial charge in [0, 0.05) is 5.39 Å². The highest BCUT2D eigenvalue weighted by molar-refractivity contribution is 5.90. The van der Waals surface area contributed by atoms with Crippen molar-refractivity contribution in [3.05, 3.63) is 83.6 Å². The van der Waals surface area contributed by atoms with E-state index in [4.69, 9.17) is 4.74 Å². The quantitative estimate of drug-likeness (QED) is 0.409. The predicted molar refractivity (Wildman–Crippen MR) is 131 cm³/mol. The van der Waals surface area contributed by atoms with Gasteiger partial charge in [0.05, 0.1) is 22.8 Å². The summed E-state index contributed by atoms with van der Waals surface area (Å²) in [4.78, 5) is 25.6. The fourth-order valence-corrected chi connectivity index (χ4v) is 4.31. The Morgan fingerprint density at radius 2 is 1.80 bits per heavy atom. The molecule has 2 aromatic carbocycles. The monoisotopic (exact) mass is 470 g/mol. The summed E-state index contributed by atoms with van der Waals surface area (Å²) in [5, 5.41) is 27.4. The topological polar surface area (TPSA) is 117 Å². The maximum absolute atomic E-state index is 12.8. The second-order valence-corrected chi connectivity index (χ2v) is 9.71. The van der Waals surface area contributed by atoms with E-state index in [1.165, 1.54) is 6.20 Å². The Hall–Kier alpha value is -4.38. The molecule has 0 saturated heterocycles. The van der Waals surface area contributed by atoms with Crippen LogP contribution in [0.3, 0.4) is 0 Å². The van der Waals surface area contributed by atoms with Crippen molar-refractivity contribution in [1.29, 1.82) is 5.26 Å². The first-order chi connectivity index (χ1) is 16.6. The average molecular weight is 471 g/mol. The van der Waals surface area contributed by atoms with Crippen LogP contribution < -0.4 is 5.32 Å². The number of carbonyl (C=O) groups excluding carboxylic acids is 1. The second kappa shape index (κ2) is 9.11. The SMILES string of the molecule is CC(C)(C)C[C@](NC(=O)OCc1ccccc1)(C(=O)O)c1ccc2c(ccc3c(C#N)cnn32)c1. The van der Waals surface area contributed by atoms with Crippen molar-refractivity contribution in [3.8, 4) is 6.07 Å². The van der Waals surface area contributed by atoms with Crippen molar-refractivity contribution in [2.45, 2.75) is 39.3 Å². The molecule has 35 heavy (non-hydrogen) atoms. The first-order valence-electron chi connectivity index (χ1n) is 11.2. The van der Waals surface area contributed by atoms with Crippen LogP contribution in [-0.4, -0.2) is 26.8 Å². The Morgan fingerprint density at radius 1 is 1.09 bits per heavy atom. The largest absolute Gasteiger partial charge is 0.479 e. The minimum atomic E-state index is -1.73. The molecule has 2 aromatic heterocycles. The van der Waals surface area contributed by atoms with Crippen molar-refractivity contribution in [2.75, 3.05) is 0 Å². The van der Waals surface area contributed by atoms with Crippen molar-refractivity contribution in [3.63, 3.8) is 0 Å². The van der Waals surface area contributed by atoms with Crippen LogP contribution in [0.2, 0.25) is 0 Å². The van der Waals surface area contributed by atoms with Crippen molar-refractivity contribution < 1.29 is 19.4 Å². The lowest BCUT2D eigenvalue weighted by Crippen LogP contribution is -2.54. The minimum absolute atomic E-state index is 0.0219. The zero-order chi connectivity index (χ0) is 25.2. The summed E-state index contributed by atoms with van der Waals surface area (Å²) in [6.07, 6.45) is 0.805. The number of fused-ring (bicyclic) bond motifs is 3. The number of nitriles is 1. The number of hydrogen-bond donors (Lipinski definition) is 2. The number of ether oxygens (including phenoxy) is 1. The van der Waals surface area contributed by atoms with Crippen molar-refractivity contribution in [1.82, 2.24) is 14.9 Å². The number of aromatic nitrogens is 2. The zero-order valence-corrected chi connectivity index (χ0v) is 19.8. The van der Waals surface area contributed by atoms with E-state index < -0.39 is 23.0 Å². The Bertz CT molecular complexity index is 1450. The molecule has 0 aliphatic carbocycles. The molecule has 4 rings (SSSR count). The van der Waals surface area contributed by atoms with Gasteiger partial charge in [-0.15, -0.1) is 0 Å². The number of benzene rings is 2. The molecule has 0 spiro atoms. The molecule has 0 unspecified atom stereocenters. The molecule has 0 aliphatic rings. The van der Waals surface area contributed by atoms with E-state index in [0.29, 0.717) is 16.6 Å². The van der Waals surface area contributed by atoms with Gasteiger partial charge < -0.3 is 15.2 Å². The Labute approximate surface area is 202 Å². The van der Waals surface area contributed by atoms with Crippen molar-refractivity contribution >= 4 is 28.5 Å². The third-order valence-corrected chi connectivity index (χ3v) is 5.78. The van der Waals surface area contributed by atoms with E-state index in [0.717, 1.165) is 16.5 Å². The summed E-state index contributed by atoms with van der Waals surface area (Å²) in [5.74, 6) is -1.18. The minimum Gasteiger partial charge on any atom is -0.479 e. The maximum atomic E-state index is 12.8. The van der Waals surface area contributed by atoms with E-state index in [2.05, 4.69) is 16.5 Å². The number of pyridine rings is 1. The van der Waals surface area contributed by atoms with Crippen molar-refractivity contribution in [2.24, 2.45) is 5.41 Å². The molecule has 4 aromatic rings. The van der Waals surface area contributed by atoms with Gasteiger partial charge in [0.2, 0.25) is 0 Å². The fourth-order valence-electron chi connectivity index (χ4n) is 4.31. The smallest absolute Gasteiger partial charge is 0.408 e. The standard InChI is InChI=1S/C27H26N4O4/c1-26(2,3)17-27(24(32)33,30-25(34)35-16-18-7-5-4-6-8-18)21-10-12-22-19(13-21)9-11-23-20(14-28)15-29-31(22)23/h4-13,15H,16-17H2,1-3H3,(H,30,34)(H,32,33)/t27-/m1/s1. The Morgan fingerprint density at radius 3 is 2.46 bits per heavy atom. The Balaban J connectivity index is 1.75. The molecular formula is C27H26N4O4. The van der Waals surface area contributed by atoms with Gasteiger partial charge in [-0.1, -0.05) is 63.2 Å². The van der Waals surface area contributed by atoms with Gasteiger partial charge in [-0.05, 0) is 41.2 Å². The molecule has 0 bridgehead atoms. The lowest BCUT2D eigenvalue weighted by molar-refractivity contribution is -0.146. The molecule has 2 N–H and O–H groups in total. The lowest BCUT2D eigenvalue weighted by atomic mass is 9.75. The van der Waals surface area contributed by atoms with Gasteiger partial charge in [-0.2, -0.15) is 10.4 Å². The molecule has 0 radical (unpaired) electrons. The fraction of sp³-hybridized carbons (Fsp3) is 0.259. The Kier molecular flexibility index (Phi) is 6.18. The number of nitrogens with one attached hydrogen (secondary N) is 1. The molecule has 1 amide bonds. The number of rotatable bonds is 6. The third kappa shape index (κ3) is 4.80. The summed E-state index contributed by atoms with van der Waals surface area (Å²) in [5.41, 5.74) is 0.877. The van der Waals surface area contributed by atoms with Gasteiger partial charge in [0.1, 0.15) is 12.7 Å². The zero-order valence-electron chi connectivity index (χ0n) is 19.8. The van der Waals surface area contributed by atoms with E-state index in [-0.39, 0.29) is 13.0 Å². The highest BCUT2D eigenvalue weighted by atomic mass is 16.5. The number of carbonyl (C=O) groups is 2. The molecular weight excluding hydrogens is 444 g/mol. The molecule has 8 heteroatoms. The highest BCUT2D eigenvalue weighted by Crippen LogP contribution is 2.37. The molecule has 1 atom stereocenters. The van der Waals surface area contributed by atoms with Crippen LogP contribution in [0.5, 0.6) is 0 Å². The first kappa shape index (κ1) is 23.8. The number of carboxylic acids is 1. The lowest BCUT2D eigenvalue weighted by Gasteiger charge is -2.36. The number of hydrogen-bond acceptors (Lipinski definition) is 5. The number of aliphatic carboxylic acids is 1. The first-order valence-corrected chi connectivity index (χ1v) is 11.2. The summed E-state index contributed by atoms with van der Waals surface area (Å²) in [6, 6.07) is 20.0. The van der Waals surface area contributed by atoms with E-state index >= 15 is 0 Å². The van der Waals surface area contributed by atoms with Gasteiger partial charge in [-0.25, -0.2) is 14.1 Å². The highest BCUT2D eigenvalue weighted by Gasteiger charge is 2.45. The van der Waals surface area contributed by atoms with E-state index in [1.54, 1.807) is 28.8 Å². The van der Waals surface area contributed by atoms with E-state index in [9.17, 15) is 20.0 Å². The van der Waals surface area contributed by atoms with Crippen LogP contribution in [0.1, 0.15) is 43.9 Å². The summed E-state index contributed by atoms with van der Waals surface area (Å²) in [6.45, 7) is 5.77. The van der Waals surface area contributed by atoms with Crippen LogP contribution in [0.15, 0.2) is 66.9 Å². The maximum Gasteiger partial charge on any atom is 0.408 e. The number of alkyl carbamates (subject to hydrolysis) is 1. The number of carboxylic acid groups (broad SMARTS) is 1. The van der Waals surface area contributed by atoms with Gasteiger partial charge >= 0.3 is 12.1 Å². The van der Waals surface area contributed by atoms with Gasteiger partial charge in [0.15, 0.2) is 5.54 Å². The van der Waals surface area contributed by atoms with Gasteiger partial charge in [0.25, 0.3) is 0 Å². The normalized spacial score (nSPS) is 13.2. The van der Waals surface area contributed by atoms with Crippen LogP contribution in [0.25, 0.3) is 16.4 Å². The summed E-state index contributed by atoms with van der Waals surface area (Å²) >= 11 is 0. The number of amides is 1. The molecule has 8 nitrogen and oxygen atoms in total. The molecule has 2 heterocycles. The average Bonchev–Trinajstić information content (AvgIpc) is 3.25.